The molecule has 2 aromatic carbocycles. The first-order valence-corrected chi connectivity index (χ1v) is 7.85. The van der Waals surface area contributed by atoms with Crippen LogP contribution < -0.4 is 0 Å². The molecular formula is C20H13NO6. The smallest absolute Gasteiger partial charge is 0.371 e. The van der Waals surface area contributed by atoms with Gasteiger partial charge in [-0.25, -0.2) is 4.79 Å². The summed E-state index contributed by atoms with van der Waals surface area (Å²) < 4.78 is 5.11. The highest BCUT2D eigenvalue weighted by atomic mass is 16.6. The highest BCUT2D eigenvalue weighted by Gasteiger charge is 2.21. The monoisotopic (exact) mass is 363 g/mol. The summed E-state index contributed by atoms with van der Waals surface area (Å²) in [6.45, 7) is 0. The lowest BCUT2D eigenvalue weighted by molar-refractivity contribution is -0.385. The van der Waals surface area contributed by atoms with Crippen LogP contribution >= 0.6 is 0 Å². The van der Waals surface area contributed by atoms with Crippen LogP contribution in [-0.2, 0) is 0 Å². The normalized spacial score (nSPS) is 10.8. The average molecular weight is 363 g/mol. The van der Waals surface area contributed by atoms with Crippen molar-refractivity contribution in [2.45, 2.75) is 0 Å². The lowest BCUT2D eigenvalue weighted by Crippen LogP contribution is -2.05. The summed E-state index contributed by atoms with van der Waals surface area (Å²) in [6, 6.07) is 15.3. The molecule has 0 amide bonds. The van der Waals surface area contributed by atoms with E-state index in [0.29, 0.717) is 16.9 Å². The molecule has 0 spiro atoms. The van der Waals surface area contributed by atoms with E-state index in [2.05, 4.69) is 0 Å². The van der Waals surface area contributed by atoms with Crippen molar-refractivity contribution in [1.82, 2.24) is 0 Å². The van der Waals surface area contributed by atoms with E-state index in [1.165, 1.54) is 36.4 Å². The molecule has 0 atom stereocenters. The number of rotatable bonds is 6. The van der Waals surface area contributed by atoms with E-state index in [-0.39, 0.29) is 17.0 Å². The first-order chi connectivity index (χ1) is 13.0. The zero-order chi connectivity index (χ0) is 19.4. The van der Waals surface area contributed by atoms with Crippen molar-refractivity contribution in [3.63, 3.8) is 0 Å². The second kappa shape index (κ2) is 7.49. The zero-order valence-electron chi connectivity index (χ0n) is 13.9. The van der Waals surface area contributed by atoms with Gasteiger partial charge in [-0.05, 0) is 35.9 Å². The predicted octanol–water partition coefficient (Wildman–Crippen LogP) is 4.29. The maximum Gasteiger partial charge on any atom is 0.371 e. The van der Waals surface area contributed by atoms with E-state index in [0.717, 1.165) is 0 Å². The number of aromatic carboxylic acids is 1. The summed E-state index contributed by atoms with van der Waals surface area (Å²) in [5, 5.41) is 20.1. The number of hydrogen-bond acceptors (Lipinski definition) is 5. The van der Waals surface area contributed by atoms with E-state index in [1.54, 1.807) is 36.4 Å². The Morgan fingerprint density at radius 2 is 1.74 bits per heavy atom. The molecule has 27 heavy (non-hydrogen) atoms. The van der Waals surface area contributed by atoms with E-state index in [1.807, 2.05) is 0 Å². The van der Waals surface area contributed by atoms with Crippen LogP contribution in [0, 0.1) is 10.1 Å². The summed E-state index contributed by atoms with van der Waals surface area (Å²) in [4.78, 5) is 34.2. The summed E-state index contributed by atoms with van der Waals surface area (Å²) in [6.07, 6.45) is 3.10. The van der Waals surface area contributed by atoms with Crippen molar-refractivity contribution in [3.05, 3.63) is 99.0 Å². The molecule has 0 unspecified atom stereocenters. The van der Waals surface area contributed by atoms with E-state index >= 15 is 0 Å². The molecule has 3 aromatic rings. The van der Waals surface area contributed by atoms with Gasteiger partial charge in [0.2, 0.25) is 5.76 Å². The minimum absolute atomic E-state index is 0.0287. The maximum atomic E-state index is 12.7. The van der Waals surface area contributed by atoms with Gasteiger partial charge >= 0.3 is 5.97 Å². The molecule has 1 heterocycles. The van der Waals surface area contributed by atoms with E-state index in [9.17, 15) is 19.7 Å². The molecule has 0 fully saturated rings. The highest BCUT2D eigenvalue weighted by molar-refractivity contribution is 6.11. The number of benzene rings is 2. The van der Waals surface area contributed by atoms with Gasteiger partial charge in [-0.15, -0.1) is 0 Å². The first-order valence-electron chi connectivity index (χ1n) is 7.85. The second-order valence-electron chi connectivity index (χ2n) is 5.57. The van der Waals surface area contributed by atoms with Crippen molar-refractivity contribution in [1.29, 1.82) is 0 Å². The molecule has 7 heteroatoms. The molecule has 0 radical (unpaired) electrons. The number of carbonyl (C=O) groups is 2. The predicted molar refractivity (Wildman–Crippen MR) is 97.6 cm³/mol. The van der Waals surface area contributed by atoms with Crippen LogP contribution in [0.4, 0.5) is 5.69 Å². The van der Waals surface area contributed by atoms with Crippen molar-refractivity contribution < 1.29 is 24.0 Å². The van der Waals surface area contributed by atoms with Crippen molar-refractivity contribution >= 4 is 29.6 Å². The van der Waals surface area contributed by atoms with Gasteiger partial charge in [-0.1, -0.05) is 36.4 Å². The molecule has 3 rings (SSSR count). The SMILES string of the molecule is O=C(O)c1ccc(/C=C/c2ccc([N+](=O)[O-])c(C(=O)c3ccccc3)c2)o1. The third-order valence-electron chi connectivity index (χ3n) is 3.78. The molecule has 0 saturated heterocycles. The number of carboxylic acid groups (broad SMARTS) is 1. The quantitative estimate of drug-likeness (QED) is 0.397. The first kappa shape index (κ1) is 17.8. The van der Waals surface area contributed by atoms with E-state index in [4.69, 9.17) is 9.52 Å². The minimum Gasteiger partial charge on any atom is -0.475 e. The Morgan fingerprint density at radius 3 is 2.37 bits per heavy atom. The fourth-order valence-electron chi connectivity index (χ4n) is 2.48. The van der Waals surface area contributed by atoms with Gasteiger partial charge in [0, 0.05) is 11.6 Å². The Balaban J connectivity index is 1.95. The van der Waals surface area contributed by atoms with Crippen LogP contribution in [0.1, 0.15) is 37.8 Å². The van der Waals surface area contributed by atoms with Gasteiger partial charge in [0.05, 0.1) is 4.92 Å². The summed E-state index contributed by atoms with van der Waals surface area (Å²) in [7, 11) is 0. The van der Waals surface area contributed by atoms with Crippen LogP contribution in [0.25, 0.3) is 12.2 Å². The molecule has 1 aromatic heterocycles. The molecule has 0 aliphatic carbocycles. The van der Waals surface area contributed by atoms with Gasteiger partial charge in [0.25, 0.3) is 5.69 Å². The standard InChI is InChI=1S/C20H13NO6/c22-19(14-4-2-1-3-5-14)16-12-13(7-10-17(16)21(25)26)6-8-15-9-11-18(27-15)20(23)24/h1-12H,(H,23,24)/b8-6+. The Kier molecular flexibility index (Phi) is 4.94. The fraction of sp³-hybridized carbons (Fsp3) is 0. The van der Waals surface area contributed by atoms with Crippen LogP contribution in [0.3, 0.4) is 0 Å². The topological polar surface area (TPSA) is 111 Å². The Hall–Kier alpha value is -4.00. The molecule has 0 aliphatic heterocycles. The number of furan rings is 1. The Bertz CT molecular complexity index is 1050. The third-order valence-corrected chi connectivity index (χ3v) is 3.78. The van der Waals surface area contributed by atoms with Crippen LogP contribution in [0.15, 0.2) is 65.1 Å². The fourth-order valence-corrected chi connectivity index (χ4v) is 2.48. The molecule has 1 N–H and O–H groups in total. The lowest BCUT2D eigenvalue weighted by Gasteiger charge is -2.04. The minimum atomic E-state index is -1.18. The van der Waals surface area contributed by atoms with Gasteiger partial charge in [0.15, 0.2) is 5.78 Å². The van der Waals surface area contributed by atoms with Crippen molar-refractivity contribution in [2.24, 2.45) is 0 Å². The Morgan fingerprint density at radius 1 is 1.00 bits per heavy atom. The lowest BCUT2D eigenvalue weighted by atomic mass is 9.99. The molecule has 0 aliphatic rings. The van der Waals surface area contributed by atoms with Crippen molar-refractivity contribution in [2.75, 3.05) is 0 Å². The maximum absolute atomic E-state index is 12.7. The van der Waals surface area contributed by atoms with Gasteiger partial charge < -0.3 is 9.52 Å². The van der Waals surface area contributed by atoms with Crippen molar-refractivity contribution in [3.8, 4) is 0 Å². The average Bonchev–Trinajstić information content (AvgIpc) is 3.15. The van der Waals surface area contributed by atoms with Crippen LogP contribution in [0.2, 0.25) is 0 Å². The molecule has 134 valence electrons. The third kappa shape index (κ3) is 3.98. The van der Waals surface area contributed by atoms with Gasteiger partial charge in [-0.3, -0.25) is 14.9 Å². The Labute approximate surface area is 153 Å². The number of carboxylic acids is 1. The molecule has 7 nitrogen and oxygen atoms in total. The summed E-state index contributed by atoms with van der Waals surface area (Å²) in [5.74, 6) is -1.52. The van der Waals surface area contributed by atoms with Crippen LogP contribution in [0.5, 0.6) is 0 Å². The summed E-state index contributed by atoms with van der Waals surface area (Å²) in [5.41, 5.74) is 0.568. The number of nitro groups is 1. The highest BCUT2D eigenvalue weighted by Crippen LogP contribution is 2.24. The van der Waals surface area contributed by atoms with Crippen LogP contribution in [-0.4, -0.2) is 21.8 Å². The number of ketones is 1. The number of hydrogen-bond donors (Lipinski definition) is 1. The number of nitro benzene ring substituents is 1. The molecule has 0 saturated carbocycles. The number of carbonyl (C=O) groups excluding carboxylic acids is 1. The zero-order valence-corrected chi connectivity index (χ0v) is 13.9. The van der Waals surface area contributed by atoms with Gasteiger partial charge in [0.1, 0.15) is 11.3 Å². The second-order valence-corrected chi connectivity index (χ2v) is 5.57. The van der Waals surface area contributed by atoms with E-state index < -0.39 is 16.7 Å². The summed E-state index contributed by atoms with van der Waals surface area (Å²) >= 11 is 0. The molecule has 0 bridgehead atoms. The number of nitrogens with zero attached hydrogens (tertiary/aromatic N) is 1. The molecular weight excluding hydrogens is 350 g/mol. The largest absolute Gasteiger partial charge is 0.475 e. The van der Waals surface area contributed by atoms with Gasteiger partial charge in [-0.2, -0.15) is 0 Å².